The van der Waals surface area contributed by atoms with Gasteiger partial charge < -0.3 is 10.1 Å². The van der Waals surface area contributed by atoms with Crippen LogP contribution in [0.4, 0.5) is 11.5 Å². The quantitative estimate of drug-likeness (QED) is 0.417. The van der Waals surface area contributed by atoms with Gasteiger partial charge in [0.05, 0.1) is 16.2 Å². The first-order chi connectivity index (χ1) is 11.1. The molecule has 3 rings (SSSR count). The van der Waals surface area contributed by atoms with Crippen molar-refractivity contribution in [3.05, 3.63) is 74.3 Å². The molecule has 3 aromatic rings. The Morgan fingerprint density at radius 1 is 1.00 bits per heavy atom. The second-order valence-corrected chi connectivity index (χ2v) is 4.58. The van der Waals surface area contributed by atoms with Gasteiger partial charge in [0.25, 0.3) is 5.69 Å². The number of hydrogen-bond donors (Lipinski definition) is 0. The summed E-state index contributed by atoms with van der Waals surface area (Å²) < 4.78 is 0. The van der Waals surface area contributed by atoms with Crippen molar-refractivity contribution in [3.8, 4) is 0 Å². The fourth-order valence-electron chi connectivity index (χ4n) is 2.06. The Labute approximate surface area is 128 Å². The van der Waals surface area contributed by atoms with Gasteiger partial charge in [-0.1, -0.05) is 16.9 Å². The molecule has 114 valence electrons. The van der Waals surface area contributed by atoms with E-state index in [9.17, 15) is 20.2 Å². The molecule has 0 saturated heterocycles. The number of hydrogen-bond acceptors (Lipinski definition) is 6. The topological polar surface area (TPSA) is 116 Å². The molecule has 23 heavy (non-hydrogen) atoms. The van der Waals surface area contributed by atoms with E-state index in [0.29, 0.717) is 16.5 Å². The summed E-state index contributed by atoms with van der Waals surface area (Å²) in [6.45, 7) is 0. The van der Waals surface area contributed by atoms with Gasteiger partial charge in [-0.15, -0.1) is 5.10 Å². The van der Waals surface area contributed by atoms with Crippen LogP contribution in [0.2, 0.25) is 0 Å². The normalized spacial score (nSPS) is 11.1. The predicted octanol–water partition coefficient (Wildman–Crippen LogP) is 2.73. The maximum absolute atomic E-state index is 11.0. The molecule has 2 aromatic carbocycles. The largest absolute Gasteiger partial charge is 0.400 e. The minimum Gasteiger partial charge on any atom is -0.358 e. The van der Waals surface area contributed by atoms with Crippen molar-refractivity contribution < 1.29 is 9.85 Å². The van der Waals surface area contributed by atoms with Crippen LogP contribution < -0.4 is 0 Å². The highest BCUT2D eigenvalue weighted by Gasteiger charge is 2.20. The molecule has 0 atom stereocenters. The fraction of sp³-hybridized carbons (Fsp3) is 0. The third kappa shape index (κ3) is 2.75. The number of non-ortho nitro benzene ring substituents is 1. The summed E-state index contributed by atoms with van der Waals surface area (Å²) in [5.41, 5.74) is 1.08. The Morgan fingerprint density at radius 3 is 2.35 bits per heavy atom. The SMILES string of the molecule is O=[N+]([O-])c1ccc(C=Nn2nc([N+](=O)[O-])c3ccccc32)cc1. The number of nitrogens with zero attached hydrogens (tertiary/aromatic N) is 5. The second-order valence-electron chi connectivity index (χ2n) is 4.58. The van der Waals surface area contributed by atoms with Crippen LogP contribution in [0.3, 0.4) is 0 Å². The molecule has 1 aromatic heterocycles. The lowest BCUT2D eigenvalue weighted by atomic mass is 10.2. The Kier molecular flexibility index (Phi) is 3.51. The molecule has 0 amide bonds. The van der Waals surface area contributed by atoms with E-state index in [0.717, 1.165) is 4.79 Å². The molecule has 0 bridgehead atoms. The molecule has 0 aliphatic rings. The fourth-order valence-corrected chi connectivity index (χ4v) is 2.06. The maximum atomic E-state index is 11.0. The number of fused-ring (bicyclic) bond motifs is 1. The Hall–Kier alpha value is -3.62. The van der Waals surface area contributed by atoms with Gasteiger partial charge in [-0.05, 0) is 34.8 Å². The van der Waals surface area contributed by atoms with Crippen molar-refractivity contribution in [1.29, 1.82) is 0 Å². The molecule has 0 radical (unpaired) electrons. The van der Waals surface area contributed by atoms with Crippen molar-refractivity contribution >= 4 is 28.6 Å². The molecule has 9 nitrogen and oxygen atoms in total. The molecule has 1 heterocycles. The first-order valence-electron chi connectivity index (χ1n) is 6.47. The molecule has 0 aliphatic carbocycles. The van der Waals surface area contributed by atoms with E-state index in [1.54, 1.807) is 24.3 Å². The number of benzene rings is 2. The lowest BCUT2D eigenvalue weighted by Crippen LogP contribution is -1.95. The van der Waals surface area contributed by atoms with E-state index in [4.69, 9.17) is 0 Å². The highest BCUT2D eigenvalue weighted by Crippen LogP contribution is 2.24. The van der Waals surface area contributed by atoms with E-state index < -0.39 is 9.85 Å². The van der Waals surface area contributed by atoms with Gasteiger partial charge in [0, 0.05) is 12.1 Å². The van der Waals surface area contributed by atoms with Gasteiger partial charge in [0.15, 0.2) is 0 Å². The minimum atomic E-state index is -0.569. The summed E-state index contributed by atoms with van der Waals surface area (Å²) >= 11 is 0. The summed E-state index contributed by atoms with van der Waals surface area (Å²) in [5.74, 6) is -0.276. The Balaban J connectivity index is 1.98. The van der Waals surface area contributed by atoms with Crippen molar-refractivity contribution in [2.45, 2.75) is 0 Å². The zero-order chi connectivity index (χ0) is 16.4. The van der Waals surface area contributed by atoms with Crippen LogP contribution in [0.25, 0.3) is 10.9 Å². The van der Waals surface area contributed by atoms with Gasteiger partial charge in [-0.25, -0.2) is 0 Å². The smallest absolute Gasteiger partial charge is 0.358 e. The molecule has 9 heteroatoms. The molecule has 0 N–H and O–H groups in total. The van der Waals surface area contributed by atoms with Crippen molar-refractivity contribution in [2.24, 2.45) is 5.10 Å². The van der Waals surface area contributed by atoms with Crippen molar-refractivity contribution in [1.82, 2.24) is 9.89 Å². The van der Waals surface area contributed by atoms with E-state index in [2.05, 4.69) is 10.2 Å². The van der Waals surface area contributed by atoms with E-state index in [-0.39, 0.29) is 11.5 Å². The molecule has 0 saturated carbocycles. The number of nitro benzene ring substituents is 1. The van der Waals surface area contributed by atoms with Crippen LogP contribution in [0.1, 0.15) is 5.56 Å². The maximum Gasteiger partial charge on any atom is 0.400 e. The Bertz CT molecular complexity index is 930. The van der Waals surface area contributed by atoms with Crippen LogP contribution in [0, 0.1) is 20.2 Å². The van der Waals surface area contributed by atoms with Gasteiger partial charge in [0.1, 0.15) is 10.9 Å². The van der Waals surface area contributed by atoms with E-state index >= 15 is 0 Å². The summed E-state index contributed by atoms with van der Waals surface area (Å²) in [4.78, 5) is 21.7. The number of nitro groups is 2. The third-order valence-electron chi connectivity index (χ3n) is 3.14. The molecular weight excluding hydrogens is 302 g/mol. The van der Waals surface area contributed by atoms with Gasteiger partial charge in [0.2, 0.25) is 0 Å². The first-order valence-corrected chi connectivity index (χ1v) is 6.47. The molecule has 0 fully saturated rings. The monoisotopic (exact) mass is 311 g/mol. The highest BCUT2D eigenvalue weighted by atomic mass is 16.6. The average molecular weight is 311 g/mol. The molecular formula is C14H9N5O4. The standard InChI is InChI=1S/C14H9N5O4/c20-18(21)11-7-5-10(6-8-11)9-15-17-13-4-2-1-3-12(13)14(16-17)19(22)23/h1-9H. The molecule has 0 unspecified atom stereocenters. The van der Waals surface area contributed by atoms with Gasteiger partial charge in [-0.3, -0.25) is 10.1 Å². The van der Waals surface area contributed by atoms with Crippen LogP contribution in [-0.4, -0.2) is 26.0 Å². The number of aromatic nitrogens is 2. The summed E-state index contributed by atoms with van der Waals surface area (Å²) in [5, 5.41) is 30.0. The predicted molar refractivity (Wildman–Crippen MR) is 82.5 cm³/mol. The van der Waals surface area contributed by atoms with Crippen molar-refractivity contribution in [2.75, 3.05) is 0 Å². The summed E-state index contributed by atoms with van der Waals surface area (Å²) in [6, 6.07) is 12.4. The van der Waals surface area contributed by atoms with Crippen LogP contribution in [0.5, 0.6) is 0 Å². The third-order valence-corrected chi connectivity index (χ3v) is 3.14. The molecule has 0 aliphatic heterocycles. The Morgan fingerprint density at radius 2 is 1.70 bits per heavy atom. The van der Waals surface area contributed by atoms with E-state index in [1.807, 2.05) is 0 Å². The number of para-hydroxylation sites is 1. The highest BCUT2D eigenvalue weighted by molar-refractivity contribution is 5.87. The average Bonchev–Trinajstić information content (AvgIpc) is 2.92. The minimum absolute atomic E-state index is 0.0256. The second kappa shape index (κ2) is 5.64. The van der Waals surface area contributed by atoms with E-state index in [1.165, 1.54) is 30.5 Å². The first kappa shape index (κ1) is 14.3. The zero-order valence-corrected chi connectivity index (χ0v) is 11.6. The van der Waals surface area contributed by atoms with Gasteiger partial charge in [-0.2, -0.15) is 0 Å². The van der Waals surface area contributed by atoms with Crippen LogP contribution in [0.15, 0.2) is 53.6 Å². The van der Waals surface area contributed by atoms with Crippen LogP contribution in [-0.2, 0) is 0 Å². The molecule has 0 spiro atoms. The number of rotatable bonds is 4. The lowest BCUT2D eigenvalue weighted by Gasteiger charge is -1.93. The summed E-state index contributed by atoms with van der Waals surface area (Å²) in [7, 11) is 0. The van der Waals surface area contributed by atoms with Crippen LogP contribution >= 0.6 is 0 Å². The lowest BCUT2D eigenvalue weighted by molar-refractivity contribution is -0.388. The summed E-state index contributed by atoms with van der Waals surface area (Å²) in [6.07, 6.45) is 1.42. The van der Waals surface area contributed by atoms with Crippen molar-refractivity contribution in [3.63, 3.8) is 0 Å². The van der Waals surface area contributed by atoms with Gasteiger partial charge >= 0.3 is 5.82 Å². The zero-order valence-electron chi connectivity index (χ0n) is 11.6.